The molecule has 0 aliphatic carbocycles. The lowest BCUT2D eigenvalue weighted by Crippen LogP contribution is -1.90. The van der Waals surface area contributed by atoms with E-state index in [1.807, 2.05) is 6.07 Å². The van der Waals surface area contributed by atoms with E-state index in [0.29, 0.717) is 10.6 Å². The molecule has 0 atom stereocenters. The molecule has 0 bridgehead atoms. The van der Waals surface area contributed by atoms with Gasteiger partial charge in [-0.3, -0.25) is 0 Å². The van der Waals surface area contributed by atoms with Crippen LogP contribution in [-0.2, 0) is 6.42 Å². The van der Waals surface area contributed by atoms with Crippen molar-refractivity contribution in [2.24, 2.45) is 0 Å². The normalized spacial score (nSPS) is 10.6. The molecule has 0 fully saturated rings. The van der Waals surface area contributed by atoms with Gasteiger partial charge in [0, 0.05) is 21.2 Å². The number of halogens is 1. The second-order valence-electron chi connectivity index (χ2n) is 3.37. The van der Waals surface area contributed by atoms with Crippen LogP contribution in [0.15, 0.2) is 40.6 Å². The van der Waals surface area contributed by atoms with Crippen molar-refractivity contribution in [2.45, 2.75) is 11.3 Å². The van der Waals surface area contributed by atoms with Crippen LogP contribution in [0, 0.1) is 5.82 Å². The zero-order chi connectivity index (χ0) is 11.4. The number of aryl methyl sites for hydroxylation is 1. The fraction of sp³-hybridized carbons (Fsp3) is 0.167. The van der Waals surface area contributed by atoms with Crippen LogP contribution in [0.2, 0.25) is 0 Å². The molecule has 1 heterocycles. The highest BCUT2D eigenvalue weighted by atomic mass is 32.2. The molecule has 2 aromatic rings. The molecule has 2 rings (SSSR count). The smallest absolute Gasteiger partial charge is 0.138 e. The highest BCUT2D eigenvalue weighted by Gasteiger charge is 2.03. The Morgan fingerprint density at radius 2 is 2.19 bits per heavy atom. The minimum Gasteiger partial charge on any atom is -0.399 e. The number of nitrogens with two attached hydrogens (primary N) is 1. The highest BCUT2D eigenvalue weighted by Crippen LogP contribution is 2.24. The van der Waals surface area contributed by atoms with Gasteiger partial charge in [-0.15, -0.1) is 23.1 Å². The van der Waals surface area contributed by atoms with Gasteiger partial charge >= 0.3 is 0 Å². The topological polar surface area (TPSA) is 26.0 Å². The van der Waals surface area contributed by atoms with E-state index in [-0.39, 0.29) is 5.82 Å². The maximum atomic E-state index is 13.4. The molecule has 2 N–H and O–H groups in total. The summed E-state index contributed by atoms with van der Waals surface area (Å²) < 4.78 is 13.4. The summed E-state index contributed by atoms with van der Waals surface area (Å²) in [7, 11) is 0. The number of benzene rings is 1. The van der Waals surface area contributed by atoms with E-state index in [1.165, 1.54) is 22.7 Å². The van der Waals surface area contributed by atoms with Gasteiger partial charge < -0.3 is 5.73 Å². The molecular weight excluding hydrogens is 241 g/mol. The predicted molar refractivity (Wildman–Crippen MR) is 69.6 cm³/mol. The second-order valence-corrected chi connectivity index (χ2v) is 5.54. The van der Waals surface area contributed by atoms with Crippen LogP contribution in [0.4, 0.5) is 10.1 Å². The Bertz CT molecular complexity index is 454. The van der Waals surface area contributed by atoms with Gasteiger partial charge in [-0.05, 0) is 36.1 Å². The molecule has 1 nitrogen and oxygen atoms in total. The highest BCUT2D eigenvalue weighted by molar-refractivity contribution is 7.99. The van der Waals surface area contributed by atoms with E-state index in [4.69, 9.17) is 5.73 Å². The number of hydrogen-bond acceptors (Lipinski definition) is 3. The summed E-state index contributed by atoms with van der Waals surface area (Å²) in [4.78, 5) is 2.01. The van der Waals surface area contributed by atoms with Crippen molar-refractivity contribution in [3.8, 4) is 0 Å². The maximum Gasteiger partial charge on any atom is 0.138 e. The quantitative estimate of drug-likeness (QED) is 0.662. The van der Waals surface area contributed by atoms with Crippen molar-refractivity contribution in [1.29, 1.82) is 0 Å². The van der Waals surface area contributed by atoms with Crippen molar-refractivity contribution in [3.63, 3.8) is 0 Å². The predicted octanol–water partition coefficient (Wildman–Crippen LogP) is 3.80. The van der Waals surface area contributed by atoms with Crippen LogP contribution >= 0.6 is 23.1 Å². The summed E-state index contributed by atoms with van der Waals surface area (Å²) in [6.07, 6.45) is 0.978. The van der Waals surface area contributed by atoms with Crippen molar-refractivity contribution in [1.82, 2.24) is 0 Å². The van der Waals surface area contributed by atoms with Crippen LogP contribution in [0.25, 0.3) is 0 Å². The Balaban J connectivity index is 1.90. The molecule has 1 aromatic heterocycles. The molecule has 4 heteroatoms. The van der Waals surface area contributed by atoms with Gasteiger partial charge in [0.05, 0.1) is 0 Å². The minimum atomic E-state index is -0.226. The summed E-state index contributed by atoms with van der Waals surface area (Å²) in [5.74, 6) is 0.664. The number of thioether (sulfide) groups is 1. The summed E-state index contributed by atoms with van der Waals surface area (Å²) >= 11 is 3.27. The molecule has 1 aromatic carbocycles. The average Bonchev–Trinajstić information content (AvgIpc) is 2.74. The van der Waals surface area contributed by atoms with Crippen molar-refractivity contribution in [3.05, 3.63) is 46.4 Å². The molecule has 16 heavy (non-hydrogen) atoms. The molecule has 0 unspecified atom stereocenters. The summed E-state index contributed by atoms with van der Waals surface area (Å²) in [6, 6.07) is 8.98. The number of thiophene rings is 1. The van der Waals surface area contributed by atoms with Crippen LogP contribution < -0.4 is 5.73 Å². The van der Waals surface area contributed by atoms with E-state index in [2.05, 4.69) is 11.4 Å². The minimum absolute atomic E-state index is 0.226. The number of rotatable bonds is 4. The van der Waals surface area contributed by atoms with E-state index in [1.54, 1.807) is 23.5 Å². The Labute approximate surface area is 102 Å². The monoisotopic (exact) mass is 253 g/mol. The molecule has 0 radical (unpaired) electrons. The van der Waals surface area contributed by atoms with Crippen LogP contribution in [0.5, 0.6) is 0 Å². The zero-order valence-electron chi connectivity index (χ0n) is 8.65. The van der Waals surface area contributed by atoms with Gasteiger partial charge in [0.25, 0.3) is 0 Å². The van der Waals surface area contributed by atoms with E-state index >= 15 is 0 Å². The Morgan fingerprint density at radius 1 is 1.31 bits per heavy atom. The molecule has 0 spiro atoms. The van der Waals surface area contributed by atoms with Crippen LogP contribution in [0.3, 0.4) is 0 Å². The Morgan fingerprint density at radius 3 is 2.88 bits per heavy atom. The van der Waals surface area contributed by atoms with Crippen LogP contribution in [-0.4, -0.2) is 5.75 Å². The third-order valence-corrected chi connectivity index (χ3v) is 4.13. The number of hydrogen-bond donors (Lipinski definition) is 1. The molecule has 0 aliphatic heterocycles. The Hall–Kier alpha value is -1.00. The molecular formula is C12H12FNS2. The van der Waals surface area contributed by atoms with E-state index in [0.717, 1.165) is 12.2 Å². The number of nitrogen functional groups attached to an aromatic ring is 1. The molecule has 0 amide bonds. The van der Waals surface area contributed by atoms with Gasteiger partial charge in [0.2, 0.25) is 0 Å². The molecule has 0 saturated carbocycles. The van der Waals surface area contributed by atoms with Crippen molar-refractivity contribution in [2.75, 3.05) is 11.5 Å². The summed E-state index contributed by atoms with van der Waals surface area (Å²) in [5.41, 5.74) is 5.96. The first-order chi connectivity index (χ1) is 7.75. The lowest BCUT2D eigenvalue weighted by atomic mass is 10.3. The lowest BCUT2D eigenvalue weighted by molar-refractivity contribution is 0.603. The standard InChI is InChI=1S/C12H12FNS2/c13-11-8-9(14)3-4-12(11)16-7-5-10-2-1-6-15-10/h1-4,6,8H,5,7,14H2. The molecule has 0 aliphatic rings. The molecule has 0 saturated heterocycles. The lowest BCUT2D eigenvalue weighted by Gasteiger charge is -2.03. The SMILES string of the molecule is Nc1ccc(SCCc2cccs2)c(F)c1. The molecule has 84 valence electrons. The zero-order valence-corrected chi connectivity index (χ0v) is 10.3. The van der Waals surface area contributed by atoms with Crippen LogP contribution in [0.1, 0.15) is 4.88 Å². The third-order valence-electron chi connectivity index (χ3n) is 2.14. The van der Waals surface area contributed by atoms with Crippen molar-refractivity contribution < 1.29 is 4.39 Å². The average molecular weight is 253 g/mol. The summed E-state index contributed by atoms with van der Waals surface area (Å²) in [5, 5.41) is 2.06. The first kappa shape index (κ1) is 11.5. The van der Waals surface area contributed by atoms with Crippen molar-refractivity contribution >= 4 is 28.8 Å². The van der Waals surface area contributed by atoms with Gasteiger partial charge in [-0.2, -0.15) is 0 Å². The van der Waals surface area contributed by atoms with Gasteiger partial charge in [0.1, 0.15) is 5.82 Å². The van der Waals surface area contributed by atoms with E-state index < -0.39 is 0 Å². The van der Waals surface area contributed by atoms with Gasteiger partial charge in [-0.25, -0.2) is 4.39 Å². The van der Waals surface area contributed by atoms with Gasteiger partial charge in [-0.1, -0.05) is 6.07 Å². The first-order valence-corrected chi connectivity index (χ1v) is 6.82. The third kappa shape index (κ3) is 3.00. The van der Waals surface area contributed by atoms with Gasteiger partial charge in [0.15, 0.2) is 0 Å². The first-order valence-electron chi connectivity index (χ1n) is 4.96. The second kappa shape index (κ2) is 5.37. The van der Waals surface area contributed by atoms with E-state index in [9.17, 15) is 4.39 Å². The number of anilines is 1. The Kier molecular flexibility index (Phi) is 3.85. The summed E-state index contributed by atoms with van der Waals surface area (Å²) in [6.45, 7) is 0. The maximum absolute atomic E-state index is 13.4. The fourth-order valence-electron chi connectivity index (χ4n) is 1.35. The fourth-order valence-corrected chi connectivity index (χ4v) is 3.09. The largest absolute Gasteiger partial charge is 0.399 e.